The minimum Gasteiger partial charge on any atom is -0.408 e. The van der Waals surface area contributed by atoms with Crippen molar-refractivity contribution in [1.82, 2.24) is 19.5 Å². The van der Waals surface area contributed by atoms with Crippen LogP contribution in [-0.2, 0) is 30.0 Å². The summed E-state index contributed by atoms with van der Waals surface area (Å²) < 4.78 is 27.5. The van der Waals surface area contributed by atoms with Crippen molar-refractivity contribution < 1.29 is 23.3 Å². The lowest BCUT2D eigenvalue weighted by molar-refractivity contribution is -0.0475. The second kappa shape index (κ2) is 10.8. The number of H-pyrrole nitrogens is 1. The lowest BCUT2D eigenvalue weighted by Gasteiger charge is -2.40. The van der Waals surface area contributed by atoms with Gasteiger partial charge in [0.1, 0.15) is 18.3 Å². The Bertz CT molecular complexity index is 1450. The molecule has 8 atom stereocenters. The fourth-order valence-corrected chi connectivity index (χ4v) is 13.9. The molecule has 0 bridgehead atoms. The number of hydrogen-bond acceptors (Lipinski definition) is 11. The molecule has 1 unspecified atom stereocenters. The number of aliphatic hydroxyl groups is 1. The van der Waals surface area contributed by atoms with Gasteiger partial charge in [-0.25, -0.2) is 4.98 Å². The number of aromatic nitrogens is 4. The van der Waals surface area contributed by atoms with Gasteiger partial charge in [0.05, 0.1) is 19.0 Å². The number of anilines is 1. The molecular formula is C26H42N5O6PS2Si. The number of nitrogens with two attached hydrogens (primary N) is 1. The molecule has 11 nitrogen and oxygen atoms in total. The minimum absolute atomic E-state index is 0.00262. The lowest BCUT2D eigenvalue weighted by atomic mass is 9.77. The van der Waals surface area contributed by atoms with Crippen LogP contribution in [0.1, 0.15) is 60.1 Å². The molecule has 2 aromatic heterocycles. The predicted octanol–water partition coefficient (Wildman–Crippen LogP) is 4.86. The summed E-state index contributed by atoms with van der Waals surface area (Å²) in [6.07, 6.45) is 0.993. The molecule has 228 valence electrons. The largest absolute Gasteiger partial charge is 0.408 e. The van der Waals surface area contributed by atoms with Crippen molar-refractivity contribution in [3.8, 4) is 0 Å². The number of hydrogen-bond donors (Lipinski definition) is 3. The summed E-state index contributed by atoms with van der Waals surface area (Å²) in [6, 6.07) is 0. The molecule has 0 radical (unpaired) electrons. The van der Waals surface area contributed by atoms with Gasteiger partial charge in [0.15, 0.2) is 25.7 Å². The number of fused-ring (bicyclic) bond motifs is 2. The Kier molecular flexibility index (Phi) is 8.26. The molecule has 4 heterocycles. The van der Waals surface area contributed by atoms with Gasteiger partial charge in [0.25, 0.3) is 5.56 Å². The maximum Gasteiger partial charge on any atom is 0.280 e. The van der Waals surface area contributed by atoms with Crippen LogP contribution in [0.25, 0.3) is 11.2 Å². The first-order valence-electron chi connectivity index (χ1n) is 14.0. The number of nitrogen functional groups attached to an aromatic ring is 1. The van der Waals surface area contributed by atoms with E-state index in [2.05, 4.69) is 69.2 Å². The first-order valence-corrected chi connectivity index (χ1v) is 20.9. The third kappa shape index (κ3) is 5.88. The molecule has 0 amide bonds. The molecule has 4 N–H and O–H groups in total. The van der Waals surface area contributed by atoms with Crippen molar-refractivity contribution in [3.63, 3.8) is 0 Å². The van der Waals surface area contributed by atoms with Crippen LogP contribution in [0.2, 0.25) is 18.1 Å². The number of aromatic amines is 1. The van der Waals surface area contributed by atoms with Crippen LogP contribution in [0, 0.1) is 5.92 Å². The fourth-order valence-electron chi connectivity index (χ4n) is 5.48. The average molecular weight is 644 g/mol. The highest BCUT2D eigenvalue weighted by atomic mass is 32.9. The summed E-state index contributed by atoms with van der Waals surface area (Å²) in [4.78, 5) is 23.3. The van der Waals surface area contributed by atoms with Gasteiger partial charge in [-0.3, -0.25) is 14.3 Å². The first kappa shape index (κ1) is 31.3. The van der Waals surface area contributed by atoms with Crippen molar-refractivity contribution >= 4 is 54.3 Å². The van der Waals surface area contributed by atoms with Gasteiger partial charge in [-0.1, -0.05) is 44.3 Å². The minimum atomic E-state index is -2.69. The Balaban J connectivity index is 1.40. The molecule has 0 aromatic carbocycles. The van der Waals surface area contributed by atoms with Crippen molar-refractivity contribution in [3.05, 3.63) is 28.8 Å². The number of allylic oxidation sites excluding steroid dienone is 1. The summed E-state index contributed by atoms with van der Waals surface area (Å²) in [5, 5.41) is 11.5. The van der Waals surface area contributed by atoms with Crippen LogP contribution in [-0.4, -0.2) is 68.7 Å². The van der Waals surface area contributed by atoms with E-state index in [1.807, 2.05) is 0 Å². The maximum atomic E-state index is 12.4. The van der Waals surface area contributed by atoms with E-state index in [1.54, 1.807) is 11.4 Å². The quantitative estimate of drug-likeness (QED) is 0.216. The summed E-state index contributed by atoms with van der Waals surface area (Å²) in [5.41, 5.74) is 4.15. The molecular weight excluding hydrogens is 602 g/mol. The van der Waals surface area contributed by atoms with E-state index in [1.165, 1.54) is 16.5 Å². The summed E-state index contributed by atoms with van der Waals surface area (Å²) in [6.45, 7) is 19.2. The molecule has 5 rings (SSSR count). The Labute approximate surface area is 251 Å². The van der Waals surface area contributed by atoms with E-state index in [9.17, 15) is 9.90 Å². The van der Waals surface area contributed by atoms with Crippen molar-refractivity contribution in [2.45, 2.75) is 107 Å². The van der Waals surface area contributed by atoms with Gasteiger partial charge < -0.3 is 29.1 Å². The van der Waals surface area contributed by atoms with Crippen LogP contribution in [0.15, 0.2) is 23.3 Å². The second-order valence-corrected chi connectivity index (χ2v) is 24.6. The number of aliphatic hydroxyl groups excluding tert-OH is 1. The second-order valence-electron chi connectivity index (χ2n) is 13.2. The monoisotopic (exact) mass is 643 g/mol. The number of imidazole rings is 1. The zero-order valence-electron chi connectivity index (χ0n) is 24.7. The van der Waals surface area contributed by atoms with Crippen LogP contribution in [0.3, 0.4) is 0 Å². The Morgan fingerprint density at radius 3 is 2.83 bits per heavy atom. The highest BCUT2D eigenvalue weighted by molar-refractivity contribution is 8.68. The summed E-state index contributed by atoms with van der Waals surface area (Å²) in [5.74, 6) is 0.370. The van der Waals surface area contributed by atoms with Gasteiger partial charge in [0, 0.05) is 4.75 Å². The molecule has 15 heteroatoms. The third-order valence-electron chi connectivity index (χ3n) is 9.11. The summed E-state index contributed by atoms with van der Waals surface area (Å²) in [7, 11) is -2.35. The number of nitrogens with zero attached hydrogens (tertiary/aromatic N) is 3. The van der Waals surface area contributed by atoms with Gasteiger partial charge >= 0.3 is 0 Å². The molecule has 1 aliphatic carbocycles. The highest BCUT2D eigenvalue weighted by Gasteiger charge is 2.55. The standard InChI is InChI=1S/C26H42N5O6PS2Si/c1-14(2)15-9-10-26(6)17(11-15)36-38(39,40-26)34-12-16-20(37-41(7,8)25(3,4)5)19(32)23(35-16)31-13-28-18-21(31)29-24(27)30-22(18)33/h13,15-17,19-20,23,32H,1,9-12H2,2-8H3,(H3,27,29,30,33)/t15-,16+,17+,19+,20+,23+,26+,38?/m0/s1. The van der Waals surface area contributed by atoms with Gasteiger partial charge in [0.2, 0.25) is 11.6 Å². The first-order chi connectivity index (χ1) is 18.9. The zero-order valence-corrected chi connectivity index (χ0v) is 28.3. The van der Waals surface area contributed by atoms with Crippen molar-refractivity contribution in [1.29, 1.82) is 0 Å². The smallest absolute Gasteiger partial charge is 0.280 e. The van der Waals surface area contributed by atoms with Crippen LogP contribution in [0.4, 0.5) is 5.95 Å². The van der Waals surface area contributed by atoms with Crippen LogP contribution < -0.4 is 11.3 Å². The molecule has 2 aromatic rings. The third-order valence-corrected chi connectivity index (χ3v) is 19.4. The zero-order chi connectivity index (χ0) is 30.1. The average Bonchev–Trinajstić information content (AvgIpc) is 3.48. The molecule has 2 aliphatic heterocycles. The molecule has 2 saturated heterocycles. The van der Waals surface area contributed by atoms with Crippen LogP contribution >= 0.6 is 17.1 Å². The Morgan fingerprint density at radius 2 is 2.17 bits per heavy atom. The summed E-state index contributed by atoms with van der Waals surface area (Å²) >= 11 is 7.65. The SMILES string of the molecule is C=C(C)[C@H]1CC[C@@]2(C)SP(=S)(OC[C@H]3O[C@@H](n4cnc5c(=O)[nH]c(N)nc54)[C@H](O)[C@@H]3O[Si](C)(C)C(C)(C)C)O[C@@H]2C1. The number of nitrogens with one attached hydrogen (secondary N) is 1. The molecule has 41 heavy (non-hydrogen) atoms. The normalized spacial score (nSPS) is 36.1. The molecule has 3 fully saturated rings. The van der Waals surface area contributed by atoms with E-state index in [0.29, 0.717) is 5.92 Å². The highest BCUT2D eigenvalue weighted by Crippen LogP contribution is 2.75. The van der Waals surface area contributed by atoms with Crippen LogP contribution in [0.5, 0.6) is 0 Å². The Hall–Kier alpha value is -1.09. The van der Waals surface area contributed by atoms with Gasteiger partial charge in [-0.05, 0) is 69.0 Å². The lowest BCUT2D eigenvalue weighted by Crippen LogP contribution is -2.49. The van der Waals surface area contributed by atoms with E-state index < -0.39 is 44.1 Å². The predicted molar refractivity (Wildman–Crippen MR) is 168 cm³/mol. The fraction of sp³-hybridized carbons (Fsp3) is 0.731. The number of ether oxygens (including phenoxy) is 1. The van der Waals surface area contributed by atoms with E-state index in [0.717, 1.165) is 19.3 Å². The topological polar surface area (TPSA) is 147 Å². The molecule has 3 aliphatic rings. The molecule has 1 saturated carbocycles. The van der Waals surface area contributed by atoms with E-state index in [4.69, 9.17) is 35.8 Å². The Morgan fingerprint density at radius 1 is 1.46 bits per heavy atom. The maximum absolute atomic E-state index is 12.4. The molecule has 0 spiro atoms. The van der Waals surface area contributed by atoms with Gasteiger partial charge in [-0.2, -0.15) is 4.98 Å². The number of rotatable bonds is 7. The van der Waals surface area contributed by atoms with E-state index >= 15 is 0 Å². The van der Waals surface area contributed by atoms with E-state index in [-0.39, 0.29) is 39.6 Å². The van der Waals surface area contributed by atoms with Crippen molar-refractivity contribution in [2.24, 2.45) is 5.92 Å². The van der Waals surface area contributed by atoms with Gasteiger partial charge in [-0.15, -0.1) is 0 Å². The van der Waals surface area contributed by atoms with Crippen molar-refractivity contribution in [2.75, 3.05) is 12.3 Å².